The molecule has 1 aliphatic rings. The molecule has 2 heterocycles. The van der Waals surface area contributed by atoms with Gasteiger partial charge in [-0.1, -0.05) is 54.6 Å². The number of piperazine rings is 1. The van der Waals surface area contributed by atoms with Crippen LogP contribution in [0.5, 0.6) is 0 Å². The molecule has 3 nitrogen and oxygen atoms in total. The van der Waals surface area contributed by atoms with E-state index in [9.17, 15) is 0 Å². The Balaban J connectivity index is 1.67. The zero-order valence-corrected chi connectivity index (χ0v) is 14.3. The average molecular weight is 329 g/mol. The second-order valence-electron chi connectivity index (χ2n) is 6.46. The number of hydrogen-bond donors (Lipinski definition) is 1. The lowest BCUT2D eigenvalue weighted by molar-refractivity contribution is 0.198. The fraction of sp³-hybridized carbons (Fsp3) is 0.227. The quantitative estimate of drug-likeness (QED) is 0.790. The van der Waals surface area contributed by atoms with Gasteiger partial charge in [-0.2, -0.15) is 0 Å². The van der Waals surface area contributed by atoms with E-state index in [2.05, 4.69) is 81.9 Å². The minimum Gasteiger partial charge on any atom is -0.314 e. The SMILES string of the molecule is c1ccc(-c2ccc(C(c3ccncc3)N3CCNCC3)cc2)cc1. The van der Waals surface area contributed by atoms with Gasteiger partial charge in [0.05, 0.1) is 6.04 Å². The zero-order chi connectivity index (χ0) is 16.9. The van der Waals surface area contributed by atoms with E-state index in [1.807, 2.05) is 12.4 Å². The summed E-state index contributed by atoms with van der Waals surface area (Å²) in [7, 11) is 0. The number of nitrogens with zero attached hydrogens (tertiary/aromatic N) is 2. The molecule has 1 saturated heterocycles. The lowest BCUT2D eigenvalue weighted by Gasteiger charge is -2.35. The van der Waals surface area contributed by atoms with Crippen LogP contribution >= 0.6 is 0 Å². The van der Waals surface area contributed by atoms with Crippen LogP contribution in [0.4, 0.5) is 0 Å². The van der Waals surface area contributed by atoms with Gasteiger partial charge in [0.1, 0.15) is 0 Å². The van der Waals surface area contributed by atoms with Crippen molar-refractivity contribution in [3.63, 3.8) is 0 Å². The summed E-state index contributed by atoms with van der Waals surface area (Å²) in [5.41, 5.74) is 5.17. The predicted molar refractivity (Wildman–Crippen MR) is 102 cm³/mol. The third-order valence-electron chi connectivity index (χ3n) is 4.87. The van der Waals surface area contributed by atoms with Gasteiger partial charge in [-0.3, -0.25) is 9.88 Å². The Kier molecular flexibility index (Phi) is 4.86. The number of aromatic nitrogens is 1. The minimum absolute atomic E-state index is 0.287. The van der Waals surface area contributed by atoms with Gasteiger partial charge in [-0.05, 0) is 34.4 Å². The molecule has 1 fully saturated rings. The first-order valence-corrected chi connectivity index (χ1v) is 8.92. The van der Waals surface area contributed by atoms with Crippen LogP contribution in [0.3, 0.4) is 0 Å². The third kappa shape index (κ3) is 3.63. The van der Waals surface area contributed by atoms with Crippen molar-refractivity contribution in [3.05, 3.63) is 90.3 Å². The van der Waals surface area contributed by atoms with Gasteiger partial charge < -0.3 is 5.32 Å². The topological polar surface area (TPSA) is 28.2 Å². The highest BCUT2D eigenvalue weighted by atomic mass is 15.2. The Bertz CT molecular complexity index is 779. The highest BCUT2D eigenvalue weighted by Gasteiger charge is 2.23. The summed E-state index contributed by atoms with van der Waals surface area (Å²) in [6.45, 7) is 4.22. The molecule has 3 aromatic rings. The summed E-state index contributed by atoms with van der Waals surface area (Å²) in [5.74, 6) is 0. The monoisotopic (exact) mass is 329 g/mol. The van der Waals surface area contributed by atoms with Crippen LogP contribution in [-0.2, 0) is 0 Å². The average Bonchev–Trinajstić information content (AvgIpc) is 2.71. The van der Waals surface area contributed by atoms with Crippen molar-refractivity contribution >= 4 is 0 Å². The summed E-state index contributed by atoms with van der Waals surface area (Å²) in [5, 5.41) is 3.45. The number of benzene rings is 2. The van der Waals surface area contributed by atoms with Crippen molar-refractivity contribution in [2.45, 2.75) is 6.04 Å². The van der Waals surface area contributed by atoms with Crippen molar-refractivity contribution in [3.8, 4) is 11.1 Å². The number of hydrogen-bond acceptors (Lipinski definition) is 3. The van der Waals surface area contributed by atoms with E-state index in [-0.39, 0.29) is 6.04 Å². The second kappa shape index (κ2) is 7.60. The molecule has 2 aromatic carbocycles. The normalized spacial score (nSPS) is 16.5. The maximum atomic E-state index is 4.19. The second-order valence-corrected chi connectivity index (χ2v) is 6.46. The Morgan fingerprint density at radius 2 is 1.32 bits per heavy atom. The summed E-state index contributed by atoms with van der Waals surface area (Å²) in [4.78, 5) is 6.75. The minimum atomic E-state index is 0.287. The molecule has 1 aromatic heterocycles. The van der Waals surface area contributed by atoms with E-state index >= 15 is 0 Å². The summed E-state index contributed by atoms with van der Waals surface area (Å²) >= 11 is 0. The van der Waals surface area contributed by atoms with Gasteiger partial charge in [-0.25, -0.2) is 0 Å². The first kappa shape index (κ1) is 16.0. The van der Waals surface area contributed by atoms with Gasteiger partial charge in [0.2, 0.25) is 0 Å². The van der Waals surface area contributed by atoms with E-state index in [0.29, 0.717) is 0 Å². The Morgan fingerprint density at radius 3 is 2.00 bits per heavy atom. The first-order chi connectivity index (χ1) is 12.4. The molecule has 1 aliphatic heterocycles. The van der Waals surface area contributed by atoms with Gasteiger partial charge in [0, 0.05) is 38.6 Å². The molecule has 1 unspecified atom stereocenters. The van der Waals surface area contributed by atoms with E-state index in [4.69, 9.17) is 0 Å². The van der Waals surface area contributed by atoms with Gasteiger partial charge in [-0.15, -0.1) is 0 Å². The summed E-state index contributed by atoms with van der Waals surface area (Å²) < 4.78 is 0. The highest BCUT2D eigenvalue weighted by Crippen LogP contribution is 2.30. The number of pyridine rings is 1. The summed E-state index contributed by atoms with van der Waals surface area (Å²) in [6.07, 6.45) is 3.78. The van der Waals surface area contributed by atoms with E-state index in [0.717, 1.165) is 26.2 Å². The maximum absolute atomic E-state index is 4.19. The fourth-order valence-corrected chi connectivity index (χ4v) is 3.59. The molecule has 1 atom stereocenters. The molecule has 0 spiro atoms. The van der Waals surface area contributed by atoms with Crippen LogP contribution in [0.1, 0.15) is 17.2 Å². The molecule has 0 amide bonds. The lowest BCUT2D eigenvalue weighted by Crippen LogP contribution is -2.45. The zero-order valence-electron chi connectivity index (χ0n) is 14.3. The molecule has 3 heteroatoms. The Labute approximate surface area is 149 Å². The van der Waals surface area contributed by atoms with Crippen LogP contribution in [0.25, 0.3) is 11.1 Å². The van der Waals surface area contributed by atoms with Crippen molar-refractivity contribution in [2.24, 2.45) is 0 Å². The Morgan fingerprint density at radius 1 is 0.720 bits per heavy atom. The van der Waals surface area contributed by atoms with Gasteiger partial charge in [0.25, 0.3) is 0 Å². The predicted octanol–water partition coefficient (Wildman–Crippen LogP) is 3.74. The highest BCUT2D eigenvalue weighted by molar-refractivity contribution is 5.63. The van der Waals surface area contributed by atoms with Crippen LogP contribution < -0.4 is 5.32 Å². The number of nitrogens with one attached hydrogen (secondary N) is 1. The standard InChI is InChI=1S/C22H23N3/c1-2-4-18(5-3-1)19-6-8-20(9-7-19)22(21-10-12-23-13-11-21)25-16-14-24-15-17-25/h1-13,22,24H,14-17H2. The van der Waals surface area contributed by atoms with Crippen LogP contribution in [0.15, 0.2) is 79.1 Å². The van der Waals surface area contributed by atoms with Crippen LogP contribution in [0, 0.1) is 0 Å². The molecule has 4 rings (SSSR count). The van der Waals surface area contributed by atoms with Crippen molar-refractivity contribution in [1.82, 2.24) is 15.2 Å². The molecule has 0 radical (unpaired) electrons. The third-order valence-corrected chi connectivity index (χ3v) is 4.87. The molecule has 0 saturated carbocycles. The van der Waals surface area contributed by atoms with Crippen LogP contribution in [-0.4, -0.2) is 36.1 Å². The van der Waals surface area contributed by atoms with E-state index in [1.54, 1.807) is 0 Å². The van der Waals surface area contributed by atoms with Gasteiger partial charge >= 0.3 is 0 Å². The van der Waals surface area contributed by atoms with Crippen molar-refractivity contribution in [2.75, 3.05) is 26.2 Å². The number of rotatable bonds is 4. The largest absolute Gasteiger partial charge is 0.314 e. The fourth-order valence-electron chi connectivity index (χ4n) is 3.59. The van der Waals surface area contributed by atoms with Crippen LogP contribution in [0.2, 0.25) is 0 Å². The molecule has 126 valence electrons. The van der Waals surface area contributed by atoms with Crippen molar-refractivity contribution < 1.29 is 0 Å². The molecular formula is C22H23N3. The smallest absolute Gasteiger partial charge is 0.0603 e. The molecular weight excluding hydrogens is 306 g/mol. The molecule has 0 aliphatic carbocycles. The Hall–Kier alpha value is -2.49. The summed E-state index contributed by atoms with van der Waals surface area (Å²) in [6, 6.07) is 24.1. The van der Waals surface area contributed by atoms with Crippen molar-refractivity contribution in [1.29, 1.82) is 0 Å². The van der Waals surface area contributed by atoms with E-state index < -0.39 is 0 Å². The van der Waals surface area contributed by atoms with E-state index in [1.165, 1.54) is 22.3 Å². The first-order valence-electron chi connectivity index (χ1n) is 8.92. The lowest BCUT2D eigenvalue weighted by atomic mass is 9.95. The molecule has 0 bridgehead atoms. The molecule has 1 N–H and O–H groups in total. The van der Waals surface area contributed by atoms with Gasteiger partial charge in [0.15, 0.2) is 0 Å². The maximum Gasteiger partial charge on any atom is 0.0603 e. The molecule has 25 heavy (non-hydrogen) atoms.